The normalized spacial score (nSPS) is 12.6. The lowest BCUT2D eigenvalue weighted by Crippen LogP contribution is -2.17. The van der Waals surface area contributed by atoms with Crippen molar-refractivity contribution in [3.8, 4) is 0 Å². The minimum atomic E-state index is -0.560. The minimum absolute atomic E-state index is 0.217. The lowest BCUT2D eigenvalue weighted by Gasteiger charge is -2.09. The molecule has 0 radical (unpaired) electrons. The van der Waals surface area contributed by atoms with Crippen molar-refractivity contribution in [3.05, 3.63) is 39.3 Å². The van der Waals surface area contributed by atoms with Crippen molar-refractivity contribution in [3.63, 3.8) is 0 Å². The topological polar surface area (TPSA) is 70.9 Å². The van der Waals surface area contributed by atoms with E-state index in [9.17, 15) is 9.90 Å². The first-order valence-corrected chi connectivity index (χ1v) is 7.53. The Morgan fingerprint density at radius 2 is 2.30 bits per heavy atom. The SMILES string of the molecule is CCCn1c(Sc2ccc([C@@H](C)O)cc2Cl)n[nH]c1=O. The molecule has 2 aromatic rings. The zero-order chi connectivity index (χ0) is 14.7. The lowest BCUT2D eigenvalue weighted by molar-refractivity contribution is 0.199. The van der Waals surface area contributed by atoms with Gasteiger partial charge in [0.2, 0.25) is 0 Å². The van der Waals surface area contributed by atoms with Gasteiger partial charge in [0.15, 0.2) is 5.16 Å². The van der Waals surface area contributed by atoms with Crippen LogP contribution < -0.4 is 5.69 Å². The predicted octanol–water partition coefficient (Wildman–Crippen LogP) is 2.84. The van der Waals surface area contributed by atoms with E-state index in [-0.39, 0.29) is 5.69 Å². The molecule has 2 rings (SSSR count). The van der Waals surface area contributed by atoms with E-state index in [4.69, 9.17) is 11.6 Å². The molecule has 0 saturated carbocycles. The van der Waals surface area contributed by atoms with Gasteiger partial charge in [-0.2, -0.15) is 0 Å². The summed E-state index contributed by atoms with van der Waals surface area (Å²) in [5.41, 5.74) is 0.540. The van der Waals surface area contributed by atoms with E-state index < -0.39 is 6.10 Å². The molecule has 5 nitrogen and oxygen atoms in total. The second-order valence-corrected chi connectivity index (χ2v) is 5.85. The van der Waals surface area contributed by atoms with E-state index >= 15 is 0 Å². The van der Waals surface area contributed by atoms with Crippen LogP contribution in [0.25, 0.3) is 0 Å². The van der Waals surface area contributed by atoms with Crippen LogP contribution in [0.15, 0.2) is 33.0 Å². The van der Waals surface area contributed by atoms with Crippen LogP contribution in [-0.4, -0.2) is 19.9 Å². The molecule has 1 aromatic carbocycles. The van der Waals surface area contributed by atoms with Crippen molar-refractivity contribution in [2.45, 2.75) is 43.0 Å². The van der Waals surface area contributed by atoms with E-state index in [0.717, 1.165) is 16.9 Å². The van der Waals surface area contributed by atoms with Crippen molar-refractivity contribution < 1.29 is 5.11 Å². The summed E-state index contributed by atoms with van der Waals surface area (Å²) < 4.78 is 1.59. The molecular formula is C13H16ClN3O2S. The Labute approximate surface area is 126 Å². The van der Waals surface area contributed by atoms with Gasteiger partial charge in [-0.3, -0.25) is 4.57 Å². The number of aliphatic hydroxyl groups is 1. The molecule has 108 valence electrons. The van der Waals surface area contributed by atoms with Crippen LogP contribution in [0.4, 0.5) is 0 Å². The van der Waals surface area contributed by atoms with E-state index in [1.165, 1.54) is 11.8 Å². The Morgan fingerprint density at radius 3 is 2.90 bits per heavy atom. The lowest BCUT2D eigenvalue weighted by atomic mass is 10.1. The van der Waals surface area contributed by atoms with Gasteiger partial charge in [0, 0.05) is 11.4 Å². The summed E-state index contributed by atoms with van der Waals surface area (Å²) in [5, 5.41) is 17.1. The number of nitrogens with zero attached hydrogens (tertiary/aromatic N) is 2. The number of aromatic amines is 1. The Bertz CT molecular complexity index is 651. The first-order valence-electron chi connectivity index (χ1n) is 6.33. The number of rotatable bonds is 5. The molecule has 1 heterocycles. The third kappa shape index (κ3) is 3.26. The van der Waals surface area contributed by atoms with Gasteiger partial charge in [-0.25, -0.2) is 9.89 Å². The molecule has 20 heavy (non-hydrogen) atoms. The Balaban J connectivity index is 2.28. The molecule has 0 bridgehead atoms. The van der Waals surface area contributed by atoms with Gasteiger partial charge in [0.1, 0.15) is 0 Å². The number of hydrogen-bond donors (Lipinski definition) is 2. The molecule has 1 aromatic heterocycles. The van der Waals surface area contributed by atoms with Crippen LogP contribution in [0.3, 0.4) is 0 Å². The molecule has 0 aliphatic carbocycles. The standard InChI is InChI=1S/C13H16ClN3O2S/c1-3-6-17-12(19)15-16-13(17)20-11-5-4-9(8(2)18)7-10(11)14/h4-5,7-8,18H,3,6H2,1-2H3,(H,15,19)/t8-/m1/s1. The molecule has 2 N–H and O–H groups in total. The first-order chi connectivity index (χ1) is 9.52. The molecule has 0 unspecified atom stereocenters. The number of H-pyrrole nitrogens is 1. The minimum Gasteiger partial charge on any atom is -0.389 e. The second kappa shape index (κ2) is 6.47. The predicted molar refractivity (Wildman–Crippen MR) is 79.3 cm³/mol. The maximum Gasteiger partial charge on any atom is 0.343 e. The number of nitrogens with one attached hydrogen (secondary N) is 1. The Morgan fingerprint density at radius 1 is 1.55 bits per heavy atom. The Kier molecular flexibility index (Phi) is 4.91. The Hall–Kier alpha value is -1.24. The summed E-state index contributed by atoms with van der Waals surface area (Å²) >= 11 is 7.53. The molecule has 0 amide bonds. The van der Waals surface area contributed by atoms with Gasteiger partial charge in [0.05, 0.1) is 11.1 Å². The highest BCUT2D eigenvalue weighted by atomic mass is 35.5. The summed E-state index contributed by atoms with van der Waals surface area (Å²) in [6.07, 6.45) is 0.289. The number of hydrogen-bond acceptors (Lipinski definition) is 4. The molecule has 7 heteroatoms. The highest BCUT2D eigenvalue weighted by Gasteiger charge is 2.12. The number of aliphatic hydroxyl groups excluding tert-OH is 1. The van der Waals surface area contributed by atoms with Crippen molar-refractivity contribution in [2.75, 3.05) is 0 Å². The van der Waals surface area contributed by atoms with Crippen molar-refractivity contribution in [1.29, 1.82) is 0 Å². The van der Waals surface area contributed by atoms with Gasteiger partial charge >= 0.3 is 5.69 Å². The molecule has 0 saturated heterocycles. The first kappa shape index (κ1) is 15.2. The van der Waals surface area contributed by atoms with Gasteiger partial charge < -0.3 is 5.11 Å². The number of benzene rings is 1. The van der Waals surface area contributed by atoms with Crippen LogP contribution in [0.2, 0.25) is 5.02 Å². The largest absolute Gasteiger partial charge is 0.389 e. The highest BCUT2D eigenvalue weighted by Crippen LogP contribution is 2.33. The zero-order valence-electron chi connectivity index (χ0n) is 11.3. The van der Waals surface area contributed by atoms with Crippen LogP contribution in [0.1, 0.15) is 31.9 Å². The quantitative estimate of drug-likeness (QED) is 0.890. The van der Waals surface area contributed by atoms with E-state index in [2.05, 4.69) is 10.2 Å². The molecule has 1 atom stereocenters. The van der Waals surface area contributed by atoms with Gasteiger partial charge in [-0.05, 0) is 42.8 Å². The maximum absolute atomic E-state index is 11.6. The van der Waals surface area contributed by atoms with Crippen LogP contribution in [0.5, 0.6) is 0 Å². The van der Waals surface area contributed by atoms with Crippen LogP contribution in [0, 0.1) is 0 Å². The summed E-state index contributed by atoms with van der Waals surface area (Å²) in [6, 6.07) is 5.36. The molecule has 0 spiro atoms. The zero-order valence-corrected chi connectivity index (χ0v) is 12.8. The summed E-state index contributed by atoms with van der Waals surface area (Å²) in [4.78, 5) is 12.4. The van der Waals surface area contributed by atoms with E-state index in [0.29, 0.717) is 16.7 Å². The molecular weight excluding hydrogens is 298 g/mol. The van der Waals surface area contributed by atoms with Gasteiger partial charge in [0.25, 0.3) is 0 Å². The summed E-state index contributed by atoms with van der Waals surface area (Å²) in [5.74, 6) is 0. The summed E-state index contributed by atoms with van der Waals surface area (Å²) in [7, 11) is 0. The van der Waals surface area contributed by atoms with Crippen molar-refractivity contribution in [2.24, 2.45) is 0 Å². The average molecular weight is 314 g/mol. The van der Waals surface area contributed by atoms with Crippen LogP contribution >= 0.6 is 23.4 Å². The summed E-state index contributed by atoms with van der Waals surface area (Å²) in [6.45, 7) is 4.30. The number of halogens is 1. The van der Waals surface area contributed by atoms with Gasteiger partial charge in [-0.15, -0.1) is 5.10 Å². The monoisotopic (exact) mass is 313 g/mol. The molecule has 0 aliphatic heterocycles. The number of aromatic nitrogens is 3. The van der Waals surface area contributed by atoms with Crippen molar-refractivity contribution in [1.82, 2.24) is 14.8 Å². The van der Waals surface area contributed by atoms with Gasteiger partial charge in [-0.1, -0.05) is 24.6 Å². The fourth-order valence-electron chi connectivity index (χ4n) is 1.76. The fraction of sp³-hybridized carbons (Fsp3) is 0.385. The van der Waals surface area contributed by atoms with Crippen molar-refractivity contribution >= 4 is 23.4 Å². The second-order valence-electron chi connectivity index (χ2n) is 4.43. The average Bonchev–Trinajstić information content (AvgIpc) is 2.74. The van der Waals surface area contributed by atoms with E-state index in [1.807, 2.05) is 19.1 Å². The smallest absolute Gasteiger partial charge is 0.343 e. The third-order valence-electron chi connectivity index (χ3n) is 2.81. The van der Waals surface area contributed by atoms with Crippen LogP contribution in [-0.2, 0) is 6.54 Å². The molecule has 0 fully saturated rings. The fourth-order valence-corrected chi connectivity index (χ4v) is 2.93. The maximum atomic E-state index is 11.6. The third-order valence-corrected chi connectivity index (χ3v) is 4.30. The highest BCUT2D eigenvalue weighted by molar-refractivity contribution is 7.99. The molecule has 0 aliphatic rings. The van der Waals surface area contributed by atoms with E-state index in [1.54, 1.807) is 17.6 Å².